The zero-order chi connectivity index (χ0) is 11.6. The number of hydrogen-bond acceptors (Lipinski definition) is 2. The molecule has 0 radical (unpaired) electrons. The number of rotatable bonds is 2. The average Bonchev–Trinajstić information content (AvgIpc) is 2.14. The van der Waals surface area contributed by atoms with E-state index < -0.39 is 23.5 Å². The predicted molar refractivity (Wildman–Crippen MR) is 52.9 cm³/mol. The van der Waals surface area contributed by atoms with E-state index in [-0.39, 0.29) is 25.0 Å². The number of hydrogen-bond donors (Lipinski definition) is 1. The Morgan fingerprint density at radius 3 is 2.47 bits per heavy atom. The van der Waals surface area contributed by atoms with Crippen molar-refractivity contribution < 1.29 is 17.6 Å². The number of nitrogens with one attached hydrogen (secondary N) is 1. The zero-order valence-corrected chi connectivity index (χ0v) is 8.51. The van der Waals surface area contributed by atoms with E-state index in [1.54, 1.807) is 0 Å². The van der Waals surface area contributed by atoms with E-state index in [0.717, 1.165) is 5.37 Å². The molecule has 0 fully saturated rings. The summed E-state index contributed by atoms with van der Waals surface area (Å²) in [6.07, 6.45) is -5.18. The molecule has 0 saturated heterocycles. The standard InChI is InChI=1S/C9H9F4NS/c10-7-3-5(8(14)4-15)1-2-6(7)9(11,12)13/h4-5,14H,1-3H2. The second-order valence-corrected chi connectivity index (χ2v) is 3.63. The van der Waals surface area contributed by atoms with E-state index in [9.17, 15) is 17.6 Å². The van der Waals surface area contributed by atoms with Crippen LogP contribution in [0.2, 0.25) is 0 Å². The highest BCUT2D eigenvalue weighted by molar-refractivity contribution is 7.80. The topological polar surface area (TPSA) is 23.9 Å². The van der Waals surface area contributed by atoms with E-state index in [0.29, 0.717) is 0 Å². The SMILES string of the molecule is N=C(C=S)C1CCC(C(F)(F)F)=C(F)C1. The summed E-state index contributed by atoms with van der Waals surface area (Å²) in [5, 5.41) is 8.39. The second-order valence-electron chi connectivity index (χ2n) is 3.39. The highest BCUT2D eigenvalue weighted by atomic mass is 32.1. The van der Waals surface area contributed by atoms with E-state index in [4.69, 9.17) is 5.41 Å². The average molecular weight is 239 g/mol. The number of alkyl halides is 3. The van der Waals surface area contributed by atoms with Gasteiger partial charge >= 0.3 is 6.18 Å². The predicted octanol–water partition coefficient (Wildman–Crippen LogP) is 3.59. The first-order chi connectivity index (χ1) is 6.86. The van der Waals surface area contributed by atoms with Crippen LogP contribution in [0.5, 0.6) is 0 Å². The van der Waals surface area contributed by atoms with Crippen LogP contribution in [-0.2, 0) is 0 Å². The molecule has 0 amide bonds. The van der Waals surface area contributed by atoms with Gasteiger partial charge < -0.3 is 5.41 Å². The molecule has 1 N–H and O–H groups in total. The van der Waals surface area contributed by atoms with Crippen molar-refractivity contribution in [2.75, 3.05) is 0 Å². The van der Waals surface area contributed by atoms with Crippen LogP contribution in [-0.4, -0.2) is 17.3 Å². The minimum absolute atomic E-state index is 0.0291. The van der Waals surface area contributed by atoms with E-state index in [1.807, 2.05) is 0 Å². The Kier molecular flexibility index (Phi) is 3.59. The van der Waals surface area contributed by atoms with Crippen molar-refractivity contribution in [3.63, 3.8) is 0 Å². The molecular weight excluding hydrogens is 230 g/mol. The fourth-order valence-corrected chi connectivity index (χ4v) is 1.75. The summed E-state index contributed by atoms with van der Waals surface area (Å²) in [5.74, 6) is -1.66. The molecule has 0 bridgehead atoms. The Hall–Kier alpha value is -0.780. The first-order valence-electron chi connectivity index (χ1n) is 4.34. The van der Waals surface area contributed by atoms with Gasteiger partial charge in [-0.15, -0.1) is 0 Å². The van der Waals surface area contributed by atoms with Gasteiger partial charge in [-0.05, 0) is 12.8 Å². The molecule has 1 unspecified atom stereocenters. The first kappa shape index (κ1) is 12.3. The molecule has 1 nitrogen and oxygen atoms in total. The van der Waals surface area contributed by atoms with Crippen molar-refractivity contribution in [1.29, 1.82) is 5.41 Å². The molecule has 0 aromatic carbocycles. The fourth-order valence-electron chi connectivity index (χ4n) is 1.55. The lowest BCUT2D eigenvalue weighted by atomic mass is 9.86. The molecule has 1 aliphatic rings. The molecule has 1 aliphatic carbocycles. The summed E-state index contributed by atoms with van der Waals surface area (Å²) in [5.41, 5.74) is -1.06. The van der Waals surface area contributed by atoms with Crippen LogP contribution in [0.3, 0.4) is 0 Å². The Bertz CT molecular complexity index is 319. The number of halogens is 4. The monoisotopic (exact) mass is 239 g/mol. The quantitative estimate of drug-likeness (QED) is 0.444. The van der Waals surface area contributed by atoms with Crippen LogP contribution in [0.25, 0.3) is 0 Å². The van der Waals surface area contributed by atoms with Gasteiger partial charge in [-0.25, -0.2) is 4.39 Å². The lowest BCUT2D eigenvalue weighted by Crippen LogP contribution is -2.23. The smallest absolute Gasteiger partial charge is 0.304 e. The molecule has 1 atom stereocenters. The number of allylic oxidation sites excluding steroid dienone is 2. The van der Waals surface area contributed by atoms with Crippen molar-refractivity contribution >= 4 is 23.3 Å². The lowest BCUT2D eigenvalue weighted by Gasteiger charge is -2.23. The fraction of sp³-hybridized carbons (Fsp3) is 0.556. The normalized spacial score (nSPS) is 22.8. The van der Waals surface area contributed by atoms with Crippen LogP contribution >= 0.6 is 12.2 Å². The molecular formula is C9H9F4NS. The summed E-state index contributed by atoms with van der Waals surface area (Å²) in [7, 11) is 0. The van der Waals surface area contributed by atoms with Crippen LogP contribution in [0.1, 0.15) is 19.3 Å². The summed E-state index contributed by atoms with van der Waals surface area (Å²) >= 11 is 4.49. The van der Waals surface area contributed by atoms with Gasteiger partial charge in [-0.2, -0.15) is 13.2 Å². The van der Waals surface area contributed by atoms with Crippen molar-refractivity contribution in [3.05, 3.63) is 11.4 Å². The summed E-state index contributed by atoms with van der Waals surface area (Å²) in [6, 6.07) is 0. The van der Waals surface area contributed by atoms with Crippen molar-refractivity contribution in [1.82, 2.24) is 0 Å². The molecule has 15 heavy (non-hydrogen) atoms. The summed E-state index contributed by atoms with van der Waals surface area (Å²) in [6.45, 7) is 0. The Morgan fingerprint density at radius 1 is 1.47 bits per heavy atom. The first-order valence-corrected chi connectivity index (χ1v) is 4.81. The van der Waals surface area contributed by atoms with Crippen LogP contribution in [0, 0.1) is 11.3 Å². The molecule has 0 spiro atoms. The van der Waals surface area contributed by atoms with Crippen LogP contribution in [0.4, 0.5) is 17.6 Å². The molecule has 6 heteroatoms. The van der Waals surface area contributed by atoms with E-state index in [2.05, 4.69) is 12.2 Å². The lowest BCUT2D eigenvalue weighted by molar-refractivity contribution is -0.0975. The minimum atomic E-state index is -4.59. The third-order valence-corrected chi connectivity index (χ3v) is 2.66. The largest absolute Gasteiger partial charge is 0.415 e. The summed E-state index contributed by atoms with van der Waals surface area (Å²) in [4.78, 5) is 0. The van der Waals surface area contributed by atoms with Crippen molar-refractivity contribution in [2.45, 2.75) is 25.4 Å². The maximum Gasteiger partial charge on any atom is 0.415 e. The molecule has 0 heterocycles. The Labute approximate surface area is 89.7 Å². The minimum Gasteiger partial charge on any atom is -0.304 e. The van der Waals surface area contributed by atoms with Gasteiger partial charge in [-0.3, -0.25) is 0 Å². The van der Waals surface area contributed by atoms with E-state index in [1.165, 1.54) is 0 Å². The number of thiocarbonyl (C=S) groups is 1. The van der Waals surface area contributed by atoms with Crippen molar-refractivity contribution in [3.8, 4) is 0 Å². The van der Waals surface area contributed by atoms with Gasteiger partial charge in [0, 0.05) is 23.4 Å². The molecule has 84 valence electrons. The third-order valence-electron chi connectivity index (χ3n) is 2.40. The molecule has 1 rings (SSSR count). The third kappa shape index (κ3) is 2.84. The van der Waals surface area contributed by atoms with Gasteiger partial charge in [0.2, 0.25) is 0 Å². The highest BCUT2D eigenvalue weighted by Crippen LogP contribution is 2.39. The molecule has 0 aromatic heterocycles. The maximum atomic E-state index is 13.1. The van der Waals surface area contributed by atoms with Crippen LogP contribution in [0.15, 0.2) is 11.4 Å². The highest BCUT2D eigenvalue weighted by Gasteiger charge is 2.39. The molecule has 0 aromatic rings. The summed E-state index contributed by atoms with van der Waals surface area (Å²) < 4.78 is 49.8. The molecule has 0 aliphatic heterocycles. The molecule has 0 saturated carbocycles. The van der Waals surface area contributed by atoms with Crippen LogP contribution < -0.4 is 0 Å². The van der Waals surface area contributed by atoms with Gasteiger partial charge in [0.15, 0.2) is 0 Å². The van der Waals surface area contributed by atoms with Gasteiger partial charge in [-0.1, -0.05) is 12.2 Å². The van der Waals surface area contributed by atoms with Gasteiger partial charge in [0.25, 0.3) is 0 Å². The van der Waals surface area contributed by atoms with Gasteiger partial charge in [0.1, 0.15) is 5.83 Å². The maximum absolute atomic E-state index is 13.1. The zero-order valence-electron chi connectivity index (χ0n) is 7.70. The van der Waals surface area contributed by atoms with E-state index >= 15 is 0 Å². The Morgan fingerprint density at radius 2 is 2.07 bits per heavy atom. The second kappa shape index (κ2) is 4.38. The van der Waals surface area contributed by atoms with Crippen molar-refractivity contribution in [2.24, 2.45) is 5.92 Å². The Balaban J connectivity index is 2.83. The van der Waals surface area contributed by atoms with Gasteiger partial charge in [0.05, 0.1) is 5.57 Å².